The quantitative estimate of drug-likeness (QED) is 0.245. The van der Waals surface area contributed by atoms with Gasteiger partial charge in [0.25, 0.3) is 0 Å². The molecule has 0 N–H and O–H groups in total. The summed E-state index contributed by atoms with van der Waals surface area (Å²) in [4.78, 5) is 24.8. The van der Waals surface area contributed by atoms with Crippen LogP contribution >= 0.6 is 7.92 Å². The Hall–Kier alpha value is -2.77. The third-order valence-electron chi connectivity index (χ3n) is 6.51. The molecule has 4 heteroatoms. The van der Waals surface area contributed by atoms with Crippen molar-refractivity contribution in [2.24, 2.45) is 11.8 Å². The van der Waals surface area contributed by atoms with E-state index in [-0.39, 0.29) is 18.5 Å². The Kier molecular flexibility index (Phi) is 8.44. The van der Waals surface area contributed by atoms with Gasteiger partial charge < -0.3 is 9.53 Å². The number of carbonyl (C=O) groups is 2. The van der Waals surface area contributed by atoms with Gasteiger partial charge in [0.05, 0.1) is 12.2 Å². The van der Waals surface area contributed by atoms with Crippen LogP contribution in [0.5, 0.6) is 0 Å². The van der Waals surface area contributed by atoms with Gasteiger partial charge in [-0.05, 0) is 55.1 Å². The first-order valence-electron chi connectivity index (χ1n) is 11.9. The van der Waals surface area contributed by atoms with Crippen molar-refractivity contribution in [2.75, 3.05) is 6.61 Å². The zero-order valence-corrected chi connectivity index (χ0v) is 19.8. The van der Waals surface area contributed by atoms with E-state index in [1.54, 1.807) is 0 Å². The van der Waals surface area contributed by atoms with Crippen LogP contribution in [0, 0.1) is 11.8 Å². The number of hydrogen-bond acceptors (Lipinski definition) is 3. The first-order valence-corrected chi connectivity index (χ1v) is 13.2. The second-order valence-electron chi connectivity index (χ2n) is 8.65. The summed E-state index contributed by atoms with van der Waals surface area (Å²) >= 11 is 0. The van der Waals surface area contributed by atoms with Gasteiger partial charge in [0.2, 0.25) is 0 Å². The van der Waals surface area contributed by atoms with E-state index < -0.39 is 7.92 Å². The SMILES string of the molecule is O=CC(CCOC(=O)c1ccccc1P(c1ccccc1)c1ccccc1)C1CCCCC1. The van der Waals surface area contributed by atoms with Gasteiger partial charge in [-0.15, -0.1) is 0 Å². The molecule has 1 atom stereocenters. The fraction of sp³-hybridized carbons (Fsp3) is 0.310. The lowest BCUT2D eigenvalue weighted by atomic mass is 9.79. The molecule has 1 aliphatic rings. The molecule has 1 aliphatic carbocycles. The lowest BCUT2D eigenvalue weighted by Crippen LogP contribution is -2.26. The molecule has 0 amide bonds. The van der Waals surface area contributed by atoms with E-state index in [2.05, 4.69) is 24.3 Å². The molecule has 170 valence electrons. The molecule has 1 fully saturated rings. The third-order valence-corrected chi connectivity index (χ3v) is 9.01. The number of rotatable bonds is 9. The van der Waals surface area contributed by atoms with Gasteiger partial charge in [-0.25, -0.2) is 4.79 Å². The molecule has 3 nitrogen and oxygen atoms in total. The van der Waals surface area contributed by atoms with E-state index in [1.165, 1.54) is 29.9 Å². The minimum absolute atomic E-state index is 0.0147. The molecule has 33 heavy (non-hydrogen) atoms. The third kappa shape index (κ3) is 5.97. The largest absolute Gasteiger partial charge is 0.462 e. The van der Waals surface area contributed by atoms with Crippen LogP contribution in [0.3, 0.4) is 0 Å². The Balaban J connectivity index is 1.53. The van der Waals surface area contributed by atoms with Gasteiger partial charge in [0, 0.05) is 5.92 Å². The van der Waals surface area contributed by atoms with Crippen LogP contribution in [0.4, 0.5) is 0 Å². The van der Waals surface area contributed by atoms with Gasteiger partial charge in [-0.1, -0.05) is 98.1 Å². The molecular weight excluding hydrogens is 427 g/mol. The predicted octanol–water partition coefficient (Wildman–Crippen LogP) is 5.39. The summed E-state index contributed by atoms with van der Waals surface area (Å²) in [6.45, 7) is 0.279. The lowest BCUT2D eigenvalue weighted by molar-refractivity contribution is -0.113. The number of carbonyl (C=O) groups excluding carboxylic acids is 2. The highest BCUT2D eigenvalue weighted by Gasteiger charge is 2.25. The second kappa shape index (κ2) is 11.9. The highest BCUT2D eigenvalue weighted by atomic mass is 31.1. The Labute approximate surface area is 197 Å². The summed E-state index contributed by atoms with van der Waals surface area (Å²) in [5, 5.41) is 3.38. The fourth-order valence-electron chi connectivity index (χ4n) is 4.77. The highest BCUT2D eigenvalue weighted by molar-refractivity contribution is 7.80. The van der Waals surface area contributed by atoms with Crippen LogP contribution in [0.15, 0.2) is 84.9 Å². The van der Waals surface area contributed by atoms with Crippen molar-refractivity contribution in [3.05, 3.63) is 90.5 Å². The van der Waals surface area contributed by atoms with Gasteiger partial charge in [-0.2, -0.15) is 0 Å². The number of aldehydes is 1. The second-order valence-corrected chi connectivity index (χ2v) is 10.8. The van der Waals surface area contributed by atoms with Crippen LogP contribution in [-0.2, 0) is 9.53 Å². The van der Waals surface area contributed by atoms with Gasteiger partial charge in [-0.3, -0.25) is 0 Å². The monoisotopic (exact) mass is 458 g/mol. The van der Waals surface area contributed by atoms with Crippen LogP contribution in [0.1, 0.15) is 48.9 Å². The van der Waals surface area contributed by atoms with Crippen molar-refractivity contribution in [2.45, 2.75) is 38.5 Å². The molecule has 0 saturated heterocycles. The molecule has 0 bridgehead atoms. The average molecular weight is 459 g/mol. The normalized spacial score (nSPS) is 15.2. The molecule has 3 aromatic carbocycles. The number of hydrogen-bond donors (Lipinski definition) is 0. The van der Waals surface area contributed by atoms with E-state index in [1.807, 2.05) is 60.7 Å². The van der Waals surface area contributed by atoms with Crippen molar-refractivity contribution in [3.8, 4) is 0 Å². The molecule has 0 aliphatic heterocycles. The highest BCUT2D eigenvalue weighted by Crippen LogP contribution is 2.34. The molecule has 0 heterocycles. The van der Waals surface area contributed by atoms with Crippen LogP contribution < -0.4 is 15.9 Å². The van der Waals surface area contributed by atoms with Crippen molar-refractivity contribution in [3.63, 3.8) is 0 Å². The molecular formula is C29H31O3P. The Morgan fingerprint density at radius 2 is 1.42 bits per heavy atom. The molecule has 0 radical (unpaired) electrons. The maximum atomic E-state index is 13.2. The number of benzene rings is 3. The maximum Gasteiger partial charge on any atom is 0.338 e. The van der Waals surface area contributed by atoms with E-state index >= 15 is 0 Å². The topological polar surface area (TPSA) is 43.4 Å². The van der Waals surface area contributed by atoms with Crippen LogP contribution in [0.25, 0.3) is 0 Å². The first-order chi connectivity index (χ1) is 16.3. The zero-order valence-electron chi connectivity index (χ0n) is 18.9. The number of esters is 1. The number of ether oxygens (including phenoxy) is 1. The Morgan fingerprint density at radius 3 is 2.03 bits per heavy atom. The van der Waals surface area contributed by atoms with Crippen molar-refractivity contribution in [1.82, 2.24) is 0 Å². The maximum absolute atomic E-state index is 13.2. The molecule has 3 aromatic rings. The average Bonchev–Trinajstić information content (AvgIpc) is 2.89. The predicted molar refractivity (Wildman–Crippen MR) is 136 cm³/mol. The minimum atomic E-state index is -0.897. The van der Waals surface area contributed by atoms with Gasteiger partial charge >= 0.3 is 5.97 Å². The molecule has 4 rings (SSSR count). The summed E-state index contributed by atoms with van der Waals surface area (Å²) in [6, 6.07) is 28.5. The first kappa shape index (κ1) is 23.4. The standard InChI is InChI=1S/C29H31O3P/c30-22-24(23-12-4-1-5-13-23)20-21-32-29(31)27-18-10-11-19-28(27)33(25-14-6-2-7-15-25)26-16-8-3-9-17-26/h2-3,6-11,14-19,22-24H,1,4-5,12-13,20-21H2. The van der Waals surface area contributed by atoms with Crippen LogP contribution in [-0.4, -0.2) is 18.9 Å². The summed E-state index contributed by atoms with van der Waals surface area (Å²) < 4.78 is 5.73. The molecule has 1 unspecified atom stereocenters. The zero-order chi connectivity index (χ0) is 22.9. The smallest absolute Gasteiger partial charge is 0.338 e. The summed E-state index contributed by atoms with van der Waals surface area (Å²) in [7, 11) is -0.897. The van der Waals surface area contributed by atoms with E-state index in [0.717, 1.165) is 24.4 Å². The van der Waals surface area contributed by atoms with E-state index in [9.17, 15) is 9.59 Å². The Morgan fingerprint density at radius 1 is 0.848 bits per heavy atom. The van der Waals surface area contributed by atoms with Gasteiger partial charge in [0.15, 0.2) is 0 Å². The van der Waals surface area contributed by atoms with E-state index in [4.69, 9.17) is 4.74 Å². The molecule has 0 spiro atoms. The minimum Gasteiger partial charge on any atom is -0.462 e. The van der Waals surface area contributed by atoms with Crippen LogP contribution in [0.2, 0.25) is 0 Å². The summed E-state index contributed by atoms with van der Waals surface area (Å²) in [5.41, 5.74) is 0.608. The lowest BCUT2D eigenvalue weighted by Gasteiger charge is -2.26. The summed E-state index contributed by atoms with van der Waals surface area (Å²) in [6.07, 6.45) is 7.56. The van der Waals surface area contributed by atoms with Crippen molar-refractivity contribution < 1.29 is 14.3 Å². The van der Waals surface area contributed by atoms with Gasteiger partial charge in [0.1, 0.15) is 6.29 Å². The molecule has 1 saturated carbocycles. The fourth-order valence-corrected chi connectivity index (χ4v) is 7.20. The summed E-state index contributed by atoms with van der Waals surface area (Å²) in [5.74, 6) is 0.114. The van der Waals surface area contributed by atoms with E-state index in [0.29, 0.717) is 17.9 Å². The Bertz CT molecular complexity index is 990. The van der Waals surface area contributed by atoms with Crippen molar-refractivity contribution in [1.29, 1.82) is 0 Å². The van der Waals surface area contributed by atoms with Crippen molar-refractivity contribution >= 4 is 36.1 Å². The molecule has 0 aromatic heterocycles.